The predicted molar refractivity (Wildman–Crippen MR) is 106 cm³/mol. The summed E-state index contributed by atoms with van der Waals surface area (Å²) in [5.41, 5.74) is 0.161. The van der Waals surface area contributed by atoms with E-state index in [0.29, 0.717) is 19.4 Å². The second-order valence-electron chi connectivity index (χ2n) is 8.12. The zero-order valence-corrected chi connectivity index (χ0v) is 17.4. The van der Waals surface area contributed by atoms with E-state index in [1.54, 1.807) is 27.7 Å². The summed E-state index contributed by atoms with van der Waals surface area (Å²) in [7, 11) is 0. The molecule has 1 aromatic rings. The molecule has 1 saturated heterocycles. The Labute approximate surface area is 171 Å². The average molecular weight is 406 g/mol. The van der Waals surface area contributed by atoms with Crippen LogP contribution in [0.3, 0.4) is 0 Å². The van der Waals surface area contributed by atoms with Crippen molar-refractivity contribution < 1.29 is 29.0 Å². The molecule has 0 bridgehead atoms. The molecule has 1 aromatic carbocycles. The van der Waals surface area contributed by atoms with Gasteiger partial charge in [-0.05, 0) is 39.2 Å². The lowest BCUT2D eigenvalue weighted by Gasteiger charge is -2.32. The quantitative estimate of drug-likeness (QED) is 0.750. The van der Waals surface area contributed by atoms with Gasteiger partial charge in [-0.2, -0.15) is 0 Å². The van der Waals surface area contributed by atoms with Crippen LogP contribution in [0.1, 0.15) is 46.1 Å². The van der Waals surface area contributed by atoms with Crippen LogP contribution in [0.5, 0.6) is 0 Å². The number of benzene rings is 1. The van der Waals surface area contributed by atoms with Crippen LogP contribution in [0.2, 0.25) is 0 Å². The van der Waals surface area contributed by atoms with Crippen molar-refractivity contribution in [1.29, 1.82) is 0 Å². The largest absolute Gasteiger partial charge is 0.481 e. The third-order valence-corrected chi connectivity index (χ3v) is 4.76. The van der Waals surface area contributed by atoms with Gasteiger partial charge in [-0.3, -0.25) is 4.79 Å². The van der Waals surface area contributed by atoms with E-state index in [1.807, 2.05) is 30.3 Å². The summed E-state index contributed by atoms with van der Waals surface area (Å²) in [6.07, 6.45) is -0.484. The van der Waals surface area contributed by atoms with Crippen molar-refractivity contribution >= 4 is 18.2 Å². The molecular weight excluding hydrogens is 376 g/mol. The Balaban J connectivity index is 2.12. The molecule has 2 amide bonds. The Morgan fingerprint density at radius 2 is 1.90 bits per heavy atom. The molecule has 0 aliphatic carbocycles. The number of alkyl carbamates (subject to hydrolysis) is 1. The third kappa shape index (κ3) is 6.37. The van der Waals surface area contributed by atoms with Crippen molar-refractivity contribution in [3.63, 3.8) is 0 Å². The molecule has 1 aliphatic rings. The summed E-state index contributed by atoms with van der Waals surface area (Å²) < 4.78 is 10.7. The van der Waals surface area contributed by atoms with Crippen LogP contribution in [0.4, 0.5) is 9.59 Å². The van der Waals surface area contributed by atoms with Crippen molar-refractivity contribution in [2.45, 2.75) is 64.8 Å². The number of amides is 2. The van der Waals surface area contributed by atoms with Gasteiger partial charge in [0.25, 0.3) is 0 Å². The fourth-order valence-electron chi connectivity index (χ4n) is 3.51. The summed E-state index contributed by atoms with van der Waals surface area (Å²) >= 11 is 0. The summed E-state index contributed by atoms with van der Waals surface area (Å²) in [5.74, 6) is -1.85. The fraction of sp³-hybridized carbons (Fsp3) is 0.571. The monoisotopic (exact) mass is 406 g/mol. The van der Waals surface area contributed by atoms with Crippen molar-refractivity contribution in [2.75, 3.05) is 6.54 Å². The highest BCUT2D eigenvalue weighted by atomic mass is 16.6. The van der Waals surface area contributed by atoms with E-state index in [-0.39, 0.29) is 6.61 Å². The Hall–Kier alpha value is -2.77. The number of rotatable bonds is 6. The maximum Gasteiger partial charge on any atom is 0.410 e. The average Bonchev–Trinajstić information content (AvgIpc) is 3.02. The maximum atomic E-state index is 12.7. The predicted octanol–water partition coefficient (Wildman–Crippen LogP) is 3.40. The number of nitrogens with zero attached hydrogens (tertiary/aromatic N) is 1. The Morgan fingerprint density at radius 3 is 2.45 bits per heavy atom. The molecule has 1 heterocycles. The molecule has 0 radical (unpaired) electrons. The molecule has 1 unspecified atom stereocenters. The fourth-order valence-corrected chi connectivity index (χ4v) is 3.51. The SMILES string of the molecule is CCC(C(=O)O)[C@@H]1[C@@H](NC(=O)OC(C)(C)C)CCN1C(=O)OCc1ccccc1. The van der Waals surface area contributed by atoms with Gasteiger partial charge < -0.3 is 24.8 Å². The zero-order valence-electron chi connectivity index (χ0n) is 17.4. The summed E-state index contributed by atoms with van der Waals surface area (Å²) in [6, 6.07) is 8.00. The molecule has 1 fully saturated rings. The summed E-state index contributed by atoms with van der Waals surface area (Å²) in [4.78, 5) is 38.1. The van der Waals surface area contributed by atoms with Gasteiger partial charge >= 0.3 is 18.2 Å². The lowest BCUT2D eigenvalue weighted by atomic mass is 9.91. The number of hydrogen-bond acceptors (Lipinski definition) is 5. The molecule has 0 spiro atoms. The van der Waals surface area contributed by atoms with Crippen LogP contribution in [0.25, 0.3) is 0 Å². The molecule has 8 nitrogen and oxygen atoms in total. The molecule has 0 aromatic heterocycles. The van der Waals surface area contributed by atoms with Gasteiger partial charge in [-0.1, -0.05) is 37.3 Å². The van der Waals surface area contributed by atoms with Crippen LogP contribution in [0, 0.1) is 5.92 Å². The van der Waals surface area contributed by atoms with Gasteiger partial charge in [0.05, 0.1) is 18.0 Å². The lowest BCUT2D eigenvalue weighted by Crippen LogP contribution is -2.53. The van der Waals surface area contributed by atoms with Gasteiger partial charge in [0.2, 0.25) is 0 Å². The smallest absolute Gasteiger partial charge is 0.410 e. The molecule has 8 heteroatoms. The molecule has 29 heavy (non-hydrogen) atoms. The number of carboxylic acids is 1. The van der Waals surface area contributed by atoms with Gasteiger partial charge in [0.1, 0.15) is 12.2 Å². The van der Waals surface area contributed by atoms with Crippen LogP contribution >= 0.6 is 0 Å². The zero-order chi connectivity index (χ0) is 21.6. The second kappa shape index (κ2) is 9.62. The van der Waals surface area contributed by atoms with Crippen molar-refractivity contribution in [3.8, 4) is 0 Å². The first-order valence-electron chi connectivity index (χ1n) is 9.82. The Morgan fingerprint density at radius 1 is 1.24 bits per heavy atom. The maximum absolute atomic E-state index is 12.7. The van der Waals surface area contributed by atoms with E-state index in [9.17, 15) is 19.5 Å². The number of aliphatic carboxylic acids is 1. The van der Waals surface area contributed by atoms with Gasteiger partial charge in [0.15, 0.2) is 0 Å². The number of carbonyl (C=O) groups is 3. The van der Waals surface area contributed by atoms with Crippen LogP contribution in [-0.4, -0.2) is 52.4 Å². The van der Waals surface area contributed by atoms with Gasteiger partial charge in [0, 0.05) is 6.54 Å². The number of ether oxygens (including phenoxy) is 2. The molecule has 160 valence electrons. The summed E-state index contributed by atoms with van der Waals surface area (Å²) in [6.45, 7) is 7.38. The number of hydrogen-bond donors (Lipinski definition) is 2. The van der Waals surface area contributed by atoms with E-state index in [4.69, 9.17) is 9.47 Å². The highest BCUT2D eigenvalue weighted by molar-refractivity contribution is 5.75. The molecule has 3 atom stereocenters. The number of carbonyl (C=O) groups excluding carboxylic acids is 2. The van der Waals surface area contributed by atoms with E-state index in [2.05, 4.69) is 5.32 Å². The van der Waals surface area contributed by atoms with Crippen molar-refractivity contribution in [2.24, 2.45) is 5.92 Å². The van der Waals surface area contributed by atoms with E-state index in [0.717, 1.165) is 5.56 Å². The van der Waals surface area contributed by atoms with E-state index < -0.39 is 41.8 Å². The number of carboxylic acid groups (broad SMARTS) is 1. The van der Waals surface area contributed by atoms with E-state index in [1.165, 1.54) is 4.90 Å². The summed E-state index contributed by atoms with van der Waals surface area (Å²) in [5, 5.41) is 12.4. The number of likely N-dealkylation sites (tertiary alicyclic amines) is 1. The standard InChI is InChI=1S/C21H30N2O6/c1-5-15(18(24)25)17-16(22-19(26)29-21(2,3)4)11-12-23(17)20(27)28-13-14-9-7-6-8-10-14/h6-10,15-17H,5,11-13H2,1-4H3,(H,22,26)(H,24,25)/t15?,16-,17+/m0/s1. The normalized spacial score (nSPS) is 20.1. The van der Waals surface area contributed by atoms with Gasteiger partial charge in [-0.15, -0.1) is 0 Å². The minimum Gasteiger partial charge on any atom is -0.481 e. The number of nitrogens with one attached hydrogen (secondary N) is 1. The topological polar surface area (TPSA) is 105 Å². The van der Waals surface area contributed by atoms with E-state index >= 15 is 0 Å². The van der Waals surface area contributed by atoms with Crippen molar-refractivity contribution in [1.82, 2.24) is 10.2 Å². The van der Waals surface area contributed by atoms with Crippen LogP contribution in [-0.2, 0) is 20.9 Å². The molecule has 2 rings (SSSR count). The molecule has 2 N–H and O–H groups in total. The first-order chi connectivity index (χ1) is 13.6. The molecule has 0 saturated carbocycles. The lowest BCUT2D eigenvalue weighted by molar-refractivity contribution is -0.144. The van der Waals surface area contributed by atoms with Crippen molar-refractivity contribution in [3.05, 3.63) is 35.9 Å². The Bertz CT molecular complexity index is 716. The first-order valence-corrected chi connectivity index (χ1v) is 9.82. The minimum atomic E-state index is -1.02. The highest BCUT2D eigenvalue weighted by Crippen LogP contribution is 2.28. The van der Waals surface area contributed by atoms with Crippen LogP contribution in [0.15, 0.2) is 30.3 Å². The Kier molecular flexibility index (Phi) is 7.47. The minimum absolute atomic E-state index is 0.0942. The van der Waals surface area contributed by atoms with Gasteiger partial charge in [-0.25, -0.2) is 9.59 Å². The third-order valence-electron chi connectivity index (χ3n) is 4.76. The van der Waals surface area contributed by atoms with Crippen LogP contribution < -0.4 is 5.32 Å². The molecule has 1 aliphatic heterocycles. The first kappa shape index (κ1) is 22.5. The highest BCUT2D eigenvalue weighted by Gasteiger charge is 2.45. The molecular formula is C21H30N2O6. The second-order valence-corrected chi connectivity index (χ2v) is 8.12.